The number of rotatable bonds is 11. The normalized spacial score (nSPS) is 21.2. The van der Waals surface area contributed by atoms with E-state index in [1.165, 1.54) is 51.4 Å². The summed E-state index contributed by atoms with van der Waals surface area (Å²) in [7, 11) is 1.96. The number of hydrogen-bond acceptors (Lipinski definition) is 2. The van der Waals surface area contributed by atoms with Crippen molar-refractivity contribution in [2.45, 2.75) is 64.7 Å². The molecule has 0 aromatic heterocycles. The Bertz CT molecular complexity index is 363. The second kappa shape index (κ2) is 8.90. The lowest BCUT2D eigenvalue weighted by atomic mass is 10.1. The van der Waals surface area contributed by atoms with Crippen LogP contribution in [0, 0.1) is 0 Å². The molecule has 0 saturated carbocycles. The predicted octanol–water partition coefficient (Wildman–Crippen LogP) is 3.93. The number of nitrogens with zero attached hydrogens (tertiary/aromatic N) is 2. The lowest BCUT2D eigenvalue weighted by molar-refractivity contribution is -0.864. The highest BCUT2D eigenvalue weighted by molar-refractivity contribution is 6.40. The molecule has 0 aromatic rings. The minimum Gasteiger partial charge on any atom is -0.476 e. The van der Waals surface area contributed by atoms with Crippen molar-refractivity contribution in [3.63, 3.8) is 0 Å². The maximum Gasteiger partial charge on any atom is 0.360 e. The lowest BCUT2D eigenvalue weighted by Gasteiger charge is -2.19. The van der Waals surface area contributed by atoms with Crippen LogP contribution in [0.1, 0.15) is 64.7 Å². The summed E-state index contributed by atoms with van der Waals surface area (Å²) in [6.45, 7) is 3.14. The second-order valence-corrected chi connectivity index (χ2v) is 5.87. The third kappa shape index (κ3) is 6.33. The van der Waals surface area contributed by atoms with Gasteiger partial charge in [-0.2, -0.15) is 4.59 Å². The van der Waals surface area contributed by atoms with E-state index in [0.29, 0.717) is 4.59 Å². The maximum absolute atomic E-state index is 10.8. The molecule has 0 bridgehead atoms. The molecule has 1 atom stereocenters. The zero-order valence-corrected chi connectivity index (χ0v) is 13.0. The molecule has 1 aliphatic heterocycles. The standard InChI is InChI=1S/C16H28N2O2/c1-3-4-5-6-7-8-9-10-11-13-18(2)14-12-15(17-18)16(19)20/h12,14H,3-11,13H2,1-2H3/p+1. The fraction of sp³-hybridized carbons (Fsp3) is 0.750. The molecule has 4 nitrogen and oxygen atoms in total. The van der Waals surface area contributed by atoms with Gasteiger partial charge in [0.15, 0.2) is 0 Å². The van der Waals surface area contributed by atoms with E-state index in [1.54, 1.807) is 6.08 Å². The molecule has 0 fully saturated rings. The number of carbonyl (C=O) groups is 1. The highest BCUT2D eigenvalue weighted by atomic mass is 16.4. The highest BCUT2D eigenvalue weighted by Gasteiger charge is 2.27. The van der Waals surface area contributed by atoms with E-state index < -0.39 is 5.97 Å². The van der Waals surface area contributed by atoms with Gasteiger partial charge in [0.1, 0.15) is 12.7 Å². The molecule has 1 unspecified atom stereocenters. The van der Waals surface area contributed by atoms with E-state index >= 15 is 0 Å². The van der Waals surface area contributed by atoms with Gasteiger partial charge in [0.2, 0.25) is 5.71 Å². The number of carboxylic acid groups (broad SMARTS) is 1. The van der Waals surface area contributed by atoms with E-state index in [4.69, 9.17) is 5.11 Å². The third-order valence-corrected chi connectivity index (χ3v) is 3.82. The zero-order valence-electron chi connectivity index (χ0n) is 13.0. The van der Waals surface area contributed by atoms with Crippen molar-refractivity contribution in [2.75, 3.05) is 13.6 Å². The van der Waals surface area contributed by atoms with Crippen molar-refractivity contribution in [2.24, 2.45) is 5.10 Å². The van der Waals surface area contributed by atoms with E-state index in [-0.39, 0.29) is 5.71 Å². The molecule has 0 amide bonds. The zero-order chi connectivity index (χ0) is 14.8. The van der Waals surface area contributed by atoms with Crippen molar-refractivity contribution in [3.8, 4) is 0 Å². The summed E-state index contributed by atoms with van der Waals surface area (Å²) in [5.74, 6) is -0.935. The van der Waals surface area contributed by atoms with Crippen LogP contribution in [0.15, 0.2) is 17.4 Å². The molecule has 0 radical (unpaired) electrons. The molecule has 20 heavy (non-hydrogen) atoms. The largest absolute Gasteiger partial charge is 0.476 e. The molecule has 0 aliphatic carbocycles. The Kier molecular flexibility index (Phi) is 7.52. The van der Waals surface area contributed by atoms with Gasteiger partial charge >= 0.3 is 5.97 Å². The molecule has 0 saturated heterocycles. The van der Waals surface area contributed by atoms with Crippen LogP contribution in [-0.4, -0.2) is 35.0 Å². The molecule has 114 valence electrons. The topological polar surface area (TPSA) is 49.7 Å². The number of unbranched alkanes of at least 4 members (excludes halogenated alkanes) is 8. The number of aliphatic carboxylic acids is 1. The van der Waals surface area contributed by atoms with Crippen LogP contribution in [-0.2, 0) is 4.79 Å². The highest BCUT2D eigenvalue weighted by Crippen LogP contribution is 2.16. The van der Waals surface area contributed by atoms with E-state index in [0.717, 1.165) is 13.0 Å². The van der Waals surface area contributed by atoms with E-state index in [1.807, 2.05) is 13.2 Å². The molecule has 1 heterocycles. The van der Waals surface area contributed by atoms with Crippen molar-refractivity contribution >= 4 is 11.7 Å². The summed E-state index contributed by atoms with van der Waals surface area (Å²) in [5, 5.41) is 13.1. The van der Waals surface area contributed by atoms with Crippen LogP contribution >= 0.6 is 0 Å². The fourth-order valence-electron chi connectivity index (χ4n) is 2.53. The van der Waals surface area contributed by atoms with Crippen molar-refractivity contribution in [1.29, 1.82) is 0 Å². The maximum atomic E-state index is 10.8. The van der Waals surface area contributed by atoms with Crippen LogP contribution < -0.4 is 0 Å². The molecule has 0 aromatic carbocycles. The second-order valence-electron chi connectivity index (χ2n) is 5.87. The van der Waals surface area contributed by atoms with Crippen molar-refractivity contribution < 1.29 is 14.5 Å². The number of hydrogen-bond donors (Lipinski definition) is 1. The summed E-state index contributed by atoms with van der Waals surface area (Å²) < 4.78 is 0.387. The summed E-state index contributed by atoms with van der Waals surface area (Å²) in [6.07, 6.45) is 15.2. The summed E-state index contributed by atoms with van der Waals surface area (Å²) in [4.78, 5) is 10.8. The summed E-state index contributed by atoms with van der Waals surface area (Å²) >= 11 is 0. The van der Waals surface area contributed by atoms with Crippen LogP contribution in [0.2, 0.25) is 0 Å². The van der Waals surface area contributed by atoms with Gasteiger partial charge in [-0.25, -0.2) is 4.79 Å². The molecule has 1 aliphatic rings. The molecular weight excluding hydrogens is 252 g/mol. The van der Waals surface area contributed by atoms with Crippen LogP contribution in [0.3, 0.4) is 0 Å². The summed E-state index contributed by atoms with van der Waals surface area (Å²) in [6, 6.07) is 0. The van der Waals surface area contributed by atoms with Gasteiger partial charge < -0.3 is 5.11 Å². The molecular formula is C16H29N2O2+. The van der Waals surface area contributed by atoms with Gasteiger partial charge in [-0.1, -0.05) is 57.0 Å². The van der Waals surface area contributed by atoms with Crippen molar-refractivity contribution in [3.05, 3.63) is 12.3 Å². The lowest BCUT2D eigenvalue weighted by Crippen LogP contribution is -2.32. The summed E-state index contributed by atoms with van der Waals surface area (Å²) in [5.41, 5.74) is 0.170. The third-order valence-electron chi connectivity index (χ3n) is 3.82. The van der Waals surface area contributed by atoms with E-state index in [9.17, 15) is 4.79 Å². The first-order valence-electron chi connectivity index (χ1n) is 7.95. The minimum atomic E-state index is -0.935. The smallest absolute Gasteiger partial charge is 0.360 e. The molecule has 1 rings (SSSR count). The average Bonchev–Trinajstić information content (AvgIpc) is 2.80. The van der Waals surface area contributed by atoms with Gasteiger partial charge in [-0.15, -0.1) is 0 Å². The first kappa shape index (κ1) is 16.9. The molecule has 0 spiro atoms. The van der Waals surface area contributed by atoms with Crippen LogP contribution in [0.5, 0.6) is 0 Å². The van der Waals surface area contributed by atoms with Gasteiger partial charge in [0.05, 0.1) is 7.05 Å². The van der Waals surface area contributed by atoms with Gasteiger partial charge in [0, 0.05) is 6.08 Å². The van der Waals surface area contributed by atoms with Crippen LogP contribution in [0.4, 0.5) is 0 Å². The molecule has 1 N–H and O–H groups in total. The number of carboxylic acids is 1. The Labute approximate surface area is 122 Å². The minimum absolute atomic E-state index is 0.170. The monoisotopic (exact) mass is 281 g/mol. The quantitative estimate of drug-likeness (QED) is 0.461. The van der Waals surface area contributed by atoms with E-state index in [2.05, 4.69) is 12.0 Å². The Morgan fingerprint density at radius 3 is 2.15 bits per heavy atom. The Balaban J connectivity index is 2.05. The Morgan fingerprint density at radius 2 is 1.65 bits per heavy atom. The SMILES string of the molecule is CCCCCCCCCCC[N+]1(C)C=CC(C(=O)O)=N1. The fourth-order valence-corrected chi connectivity index (χ4v) is 2.53. The van der Waals surface area contributed by atoms with Crippen molar-refractivity contribution in [1.82, 2.24) is 0 Å². The first-order valence-corrected chi connectivity index (χ1v) is 7.95. The Hall–Kier alpha value is -1.16. The predicted molar refractivity (Wildman–Crippen MR) is 82.5 cm³/mol. The average molecular weight is 281 g/mol. The Morgan fingerprint density at radius 1 is 1.10 bits per heavy atom. The van der Waals surface area contributed by atoms with Gasteiger partial charge in [0.25, 0.3) is 0 Å². The van der Waals surface area contributed by atoms with Gasteiger partial charge in [-0.3, -0.25) is 0 Å². The number of quaternary nitrogens is 1. The van der Waals surface area contributed by atoms with Gasteiger partial charge in [-0.05, 0) is 12.8 Å². The first-order chi connectivity index (χ1) is 9.57. The van der Waals surface area contributed by atoms with Crippen LogP contribution in [0.25, 0.3) is 0 Å². The molecule has 4 heteroatoms.